The van der Waals surface area contributed by atoms with Gasteiger partial charge in [-0.3, -0.25) is 19.2 Å². The summed E-state index contributed by atoms with van der Waals surface area (Å²) in [6.45, 7) is 10.9. The summed E-state index contributed by atoms with van der Waals surface area (Å²) >= 11 is 0. The van der Waals surface area contributed by atoms with Crippen LogP contribution >= 0.6 is 0 Å². The lowest BCUT2D eigenvalue weighted by molar-refractivity contribution is -0.165. The van der Waals surface area contributed by atoms with Crippen LogP contribution in [0.5, 0.6) is 0 Å². The fraction of sp³-hybridized carbons (Fsp3) is 0.415. The molecule has 51 heavy (non-hydrogen) atoms. The molecule has 10 nitrogen and oxygen atoms in total. The van der Waals surface area contributed by atoms with Crippen LogP contribution < -0.4 is 4.90 Å². The van der Waals surface area contributed by atoms with Crippen LogP contribution in [-0.4, -0.2) is 88.6 Å². The Bertz CT molecular complexity index is 1810. The first-order valence-corrected chi connectivity index (χ1v) is 17.7. The number of ether oxygens (including phenoxy) is 2. The third-order valence-corrected chi connectivity index (χ3v) is 11.0. The molecular weight excluding hydrogens is 646 g/mol. The minimum atomic E-state index is -1.30. The lowest BCUT2D eigenvalue weighted by Gasteiger charge is -2.38. The van der Waals surface area contributed by atoms with Crippen LogP contribution in [-0.2, 0) is 28.7 Å². The summed E-state index contributed by atoms with van der Waals surface area (Å²) in [5.41, 5.74) is 0.0443. The van der Waals surface area contributed by atoms with Crippen molar-refractivity contribution in [3.8, 4) is 0 Å². The van der Waals surface area contributed by atoms with Gasteiger partial charge in [0.15, 0.2) is 0 Å². The quantitative estimate of drug-likeness (QED) is 0.182. The highest BCUT2D eigenvalue weighted by atomic mass is 16.6. The summed E-state index contributed by atoms with van der Waals surface area (Å²) in [4.78, 5) is 61.5. The molecule has 3 aliphatic heterocycles. The van der Waals surface area contributed by atoms with E-state index in [0.29, 0.717) is 30.5 Å². The zero-order valence-corrected chi connectivity index (χ0v) is 29.5. The predicted molar refractivity (Wildman–Crippen MR) is 194 cm³/mol. The Morgan fingerprint density at radius 1 is 1.04 bits per heavy atom. The standard InChI is InChI=1S/C41H47N3O7/c1-6-8-18-33(46)42(5)27(4)36(29-15-10-9-11-16-29)50-40(49)34-32-21-22-41(51-32)35(34)38(47)44(26(3)25-45)37(41)39(48)43(23-7-2)31-20-19-28-14-12-13-17-30(28)24-31/h6-7,9-17,19-20,24,26-27,32,34-37,45H,1-2,8,18,21-23,25H2,3-5H3/t26-,27+,32+,34-,35-,36-,37+,41-/m1/s1. The minimum absolute atomic E-state index is 0.113. The van der Waals surface area contributed by atoms with Crippen molar-refractivity contribution in [3.05, 3.63) is 104 Å². The van der Waals surface area contributed by atoms with E-state index in [4.69, 9.17) is 9.47 Å². The van der Waals surface area contributed by atoms with Gasteiger partial charge in [0.05, 0.1) is 36.6 Å². The molecule has 268 valence electrons. The van der Waals surface area contributed by atoms with Gasteiger partial charge in [0.25, 0.3) is 5.91 Å². The molecule has 2 bridgehead atoms. The molecule has 0 saturated carbocycles. The Hall–Kier alpha value is -4.80. The fourth-order valence-corrected chi connectivity index (χ4v) is 8.27. The number of rotatable bonds is 14. The highest BCUT2D eigenvalue weighted by Gasteiger charge is 2.75. The van der Waals surface area contributed by atoms with Crippen LogP contribution in [0.4, 0.5) is 5.69 Å². The number of likely N-dealkylation sites (N-methyl/N-ethyl adjacent to an activating group) is 1. The first-order chi connectivity index (χ1) is 24.6. The number of amides is 3. The molecule has 3 aliphatic rings. The van der Waals surface area contributed by atoms with Crippen molar-refractivity contribution >= 4 is 40.2 Å². The third kappa shape index (κ3) is 6.36. The monoisotopic (exact) mass is 693 g/mol. The number of hydrogen-bond donors (Lipinski definition) is 1. The Kier molecular flexibility index (Phi) is 10.5. The summed E-state index contributed by atoms with van der Waals surface area (Å²) in [5, 5.41) is 12.3. The van der Waals surface area contributed by atoms with E-state index in [1.807, 2.05) is 79.7 Å². The maximum atomic E-state index is 14.9. The number of hydrogen-bond acceptors (Lipinski definition) is 7. The molecule has 8 atom stereocenters. The molecule has 3 amide bonds. The fourth-order valence-electron chi connectivity index (χ4n) is 8.27. The number of allylic oxidation sites excluding steroid dienone is 1. The van der Waals surface area contributed by atoms with E-state index >= 15 is 0 Å². The molecule has 0 unspecified atom stereocenters. The van der Waals surface area contributed by atoms with Crippen molar-refractivity contribution in [2.24, 2.45) is 11.8 Å². The molecule has 3 saturated heterocycles. The van der Waals surface area contributed by atoms with Gasteiger partial charge < -0.3 is 29.3 Å². The van der Waals surface area contributed by atoms with Gasteiger partial charge in [-0.25, -0.2) is 0 Å². The second kappa shape index (κ2) is 14.8. The van der Waals surface area contributed by atoms with E-state index < -0.39 is 59.6 Å². The van der Waals surface area contributed by atoms with Gasteiger partial charge in [-0.05, 0) is 61.6 Å². The Labute approximate surface area is 299 Å². The van der Waals surface area contributed by atoms with E-state index in [9.17, 15) is 24.3 Å². The molecular formula is C41H47N3O7. The summed E-state index contributed by atoms with van der Waals surface area (Å²) in [6.07, 6.45) is 3.49. The molecule has 3 aromatic rings. The van der Waals surface area contributed by atoms with Gasteiger partial charge in [0, 0.05) is 25.7 Å². The van der Waals surface area contributed by atoms with Gasteiger partial charge in [-0.15, -0.1) is 13.2 Å². The molecule has 3 aromatic carbocycles. The zero-order valence-electron chi connectivity index (χ0n) is 29.5. The molecule has 1 N–H and O–H groups in total. The van der Waals surface area contributed by atoms with E-state index in [0.717, 1.165) is 10.8 Å². The molecule has 0 radical (unpaired) electrons. The molecule has 1 spiro atoms. The molecule has 6 rings (SSSR count). The molecule has 10 heteroatoms. The van der Waals surface area contributed by atoms with Crippen molar-refractivity contribution in [1.29, 1.82) is 0 Å². The van der Waals surface area contributed by atoms with Gasteiger partial charge in [-0.2, -0.15) is 0 Å². The lowest BCUT2D eigenvalue weighted by Crippen LogP contribution is -2.58. The first kappa shape index (κ1) is 36.0. The first-order valence-electron chi connectivity index (χ1n) is 17.7. The van der Waals surface area contributed by atoms with E-state index in [-0.39, 0.29) is 31.4 Å². The van der Waals surface area contributed by atoms with Crippen LogP contribution in [0.2, 0.25) is 0 Å². The molecule has 3 heterocycles. The Balaban J connectivity index is 1.34. The average molecular weight is 694 g/mol. The molecule has 0 aromatic heterocycles. The second-order valence-electron chi connectivity index (χ2n) is 13.9. The van der Waals surface area contributed by atoms with Crippen LogP contribution in [0.25, 0.3) is 10.8 Å². The number of nitrogens with zero attached hydrogens (tertiary/aromatic N) is 3. The summed E-state index contributed by atoms with van der Waals surface area (Å²) in [6, 6.07) is 20.5. The van der Waals surface area contributed by atoms with Gasteiger partial charge in [0.1, 0.15) is 17.7 Å². The third-order valence-electron chi connectivity index (χ3n) is 11.0. The molecule has 3 fully saturated rings. The van der Waals surface area contributed by atoms with Gasteiger partial charge in [0.2, 0.25) is 11.8 Å². The summed E-state index contributed by atoms with van der Waals surface area (Å²) in [5.74, 6) is -3.49. The Morgan fingerprint density at radius 3 is 2.43 bits per heavy atom. The topological polar surface area (TPSA) is 117 Å². The number of likely N-dealkylation sites (tertiary alicyclic amines) is 1. The molecule has 0 aliphatic carbocycles. The predicted octanol–water partition coefficient (Wildman–Crippen LogP) is 5.21. The largest absolute Gasteiger partial charge is 0.455 e. The van der Waals surface area contributed by atoms with Gasteiger partial charge >= 0.3 is 5.97 Å². The Morgan fingerprint density at radius 2 is 1.75 bits per heavy atom. The van der Waals surface area contributed by atoms with E-state index in [1.165, 1.54) is 4.90 Å². The van der Waals surface area contributed by atoms with Crippen LogP contribution in [0.1, 0.15) is 51.2 Å². The highest BCUT2D eigenvalue weighted by molar-refractivity contribution is 6.05. The van der Waals surface area contributed by atoms with E-state index in [2.05, 4.69) is 13.2 Å². The number of esters is 1. The van der Waals surface area contributed by atoms with Crippen molar-refractivity contribution in [2.75, 3.05) is 25.1 Å². The number of carbonyl (C=O) groups excluding carboxylic acids is 4. The van der Waals surface area contributed by atoms with Gasteiger partial charge in [-0.1, -0.05) is 72.8 Å². The number of aliphatic hydroxyl groups is 1. The lowest BCUT2D eigenvalue weighted by atomic mass is 9.70. The van der Waals surface area contributed by atoms with Crippen molar-refractivity contribution in [2.45, 2.75) is 75.5 Å². The van der Waals surface area contributed by atoms with Crippen molar-refractivity contribution < 1.29 is 33.8 Å². The van der Waals surface area contributed by atoms with Crippen LogP contribution in [0, 0.1) is 11.8 Å². The van der Waals surface area contributed by atoms with Crippen molar-refractivity contribution in [1.82, 2.24) is 9.80 Å². The number of anilines is 1. The zero-order chi connectivity index (χ0) is 36.4. The minimum Gasteiger partial charge on any atom is -0.455 e. The number of fused-ring (bicyclic) bond motifs is 2. The highest BCUT2D eigenvalue weighted by Crippen LogP contribution is 2.59. The summed E-state index contributed by atoms with van der Waals surface area (Å²) in [7, 11) is 1.69. The normalized spacial score (nSPS) is 25.2. The number of benzene rings is 3. The maximum Gasteiger partial charge on any atom is 0.313 e. The van der Waals surface area contributed by atoms with Crippen LogP contribution in [0.15, 0.2) is 98.1 Å². The van der Waals surface area contributed by atoms with E-state index in [1.54, 1.807) is 35.9 Å². The smallest absolute Gasteiger partial charge is 0.313 e. The van der Waals surface area contributed by atoms with Crippen LogP contribution in [0.3, 0.4) is 0 Å². The SMILES string of the molecule is C=CCCC(=O)N(C)[C@@H](C)[C@@H](OC(=O)[C@@H]1[C@@H]2CC[C@]3(O2)[C@H](C(=O)N(CC=C)c2ccc4ccccc4c2)N([C@H](C)CO)C(=O)[C@@H]13)c1ccccc1. The average Bonchev–Trinajstić information content (AvgIpc) is 3.81. The number of aliphatic hydroxyl groups excluding tert-OH is 1. The second-order valence-corrected chi connectivity index (χ2v) is 13.9. The summed E-state index contributed by atoms with van der Waals surface area (Å²) < 4.78 is 13.0. The maximum absolute atomic E-state index is 14.9. The van der Waals surface area contributed by atoms with Crippen molar-refractivity contribution in [3.63, 3.8) is 0 Å². The number of carbonyl (C=O) groups is 4.